The summed E-state index contributed by atoms with van der Waals surface area (Å²) >= 11 is 0. The zero-order valence-electron chi connectivity index (χ0n) is 73.9. The topological polar surface area (TPSA) is 397 Å². The van der Waals surface area contributed by atoms with Crippen molar-refractivity contribution in [2.45, 2.75) is 168 Å². The Labute approximate surface area is 727 Å². The number of fused-ring (bicyclic) bond motifs is 2. The molecule has 6 heterocycles. The van der Waals surface area contributed by atoms with Gasteiger partial charge >= 0.3 is 35.9 Å². The van der Waals surface area contributed by atoms with E-state index in [4.69, 9.17) is 28.4 Å². The van der Waals surface area contributed by atoms with Crippen LogP contribution in [-0.4, -0.2) is 361 Å². The van der Waals surface area contributed by atoms with E-state index < -0.39 is 145 Å². The molecular formula is C86H122F4N18O17. The Hall–Kier alpha value is -10.9. The summed E-state index contributed by atoms with van der Waals surface area (Å²) in [6, 6.07) is 12.4. The first kappa shape index (κ1) is 99.6. The van der Waals surface area contributed by atoms with Gasteiger partial charge in [0.25, 0.3) is 23.7 Å². The third kappa shape index (κ3) is 33.9. The summed E-state index contributed by atoms with van der Waals surface area (Å²) in [6.07, 6.45) is 2.88. The van der Waals surface area contributed by atoms with E-state index in [0.717, 1.165) is 9.80 Å². The number of pyridine rings is 2. The summed E-state index contributed by atoms with van der Waals surface area (Å²) in [5.74, 6) is -11.1. The molecule has 4 fully saturated rings. The zero-order chi connectivity index (χ0) is 91.6. The number of aromatic nitrogens is 2. The summed E-state index contributed by atoms with van der Waals surface area (Å²) in [5, 5.41) is 30.5. The fourth-order valence-electron chi connectivity index (χ4n) is 14.4. The Morgan fingerprint density at radius 3 is 1.04 bits per heavy atom. The van der Waals surface area contributed by atoms with Gasteiger partial charge < -0.3 is 74.2 Å². The van der Waals surface area contributed by atoms with E-state index in [1.54, 1.807) is 146 Å². The monoisotopic (exact) mass is 1750 g/mol. The molecule has 4 aliphatic heterocycles. The molecule has 0 bridgehead atoms. The van der Waals surface area contributed by atoms with Crippen molar-refractivity contribution in [1.82, 2.24) is 80.2 Å². The van der Waals surface area contributed by atoms with Gasteiger partial charge in [0.15, 0.2) is 0 Å². The number of carbonyl (C=O) groups is 11. The van der Waals surface area contributed by atoms with E-state index in [0.29, 0.717) is 85.2 Å². The predicted octanol–water partition coefficient (Wildman–Crippen LogP) is 5.54. The van der Waals surface area contributed by atoms with E-state index in [9.17, 15) is 76.0 Å². The Morgan fingerprint density at radius 1 is 0.408 bits per heavy atom. The standard InChI is InChI=1S/C86H122F4N18O17/c1-81(2,3)122-73(112)54-100-29-27-99(28-30-101(55-74(113)123-82(4,5)6)32-34-102(33-31-100)56-75(114)124-83(7,8)9)53-72(111)104-37-35-103(57-76(115)125-84(10,11)12)36-38-105(79(118)95-23-13-15-43-120-62-17-19-68-66(45-62)64(21-25-93-68)77(116)97-51-70(109)107-58-85(87,88)47-60(107)49-91)41-42-106(40-39-104)80(119)96-24-14-16-44-121-63-18-20-69-67(46-63)65(22-26-94-69)78(117)98-52-71(110)108-59-86(89,90)48-61(108)50-92/h17-22,25-26,45-46,60-61H,13-16,23-24,27-44,47-48,51-59H2,1-12H3,(H,95,118)(H,96,119)(H,97,116)(H,98,117)/t60-,61-/m0/s1. The van der Waals surface area contributed by atoms with E-state index in [1.807, 2.05) is 19.6 Å². The average molecular weight is 1760 g/mol. The SMILES string of the molecule is CC(C)(C)OC(=O)CN1CCN(CC(=O)OC(C)(C)C)CCN(CC(=O)N2CCN(CC(=O)OC(C)(C)C)CCN(C(=O)NCCCCOc3ccc4nccc(C(=O)NCC(=O)N5CC(F)(F)C[C@H]5C#N)c4c3)CCN(C(=O)NCCCCOc3ccc4nccc(C(=O)NCC(=O)N5CC(F)(F)C[C@H]5C#N)c4c3)CC2)CCN(CC(=O)OC(C)(C)C)CC1. The van der Waals surface area contributed by atoms with E-state index in [1.165, 1.54) is 29.4 Å². The Kier molecular flexibility index (Phi) is 36.1. The summed E-state index contributed by atoms with van der Waals surface area (Å²) in [4.78, 5) is 176. The molecule has 4 saturated heterocycles. The van der Waals surface area contributed by atoms with Gasteiger partial charge in [-0.15, -0.1) is 0 Å². The number of benzene rings is 2. The van der Waals surface area contributed by atoms with Gasteiger partial charge in [-0.25, -0.2) is 27.2 Å². The molecule has 8 rings (SSSR count). The molecule has 125 heavy (non-hydrogen) atoms. The number of nitrogens with one attached hydrogen (secondary N) is 4. The number of ether oxygens (including phenoxy) is 6. The van der Waals surface area contributed by atoms with Crippen LogP contribution in [0.25, 0.3) is 21.8 Å². The lowest BCUT2D eigenvalue weighted by Gasteiger charge is -2.36. The lowest BCUT2D eigenvalue weighted by Crippen LogP contribution is -2.54. The number of amides is 9. The van der Waals surface area contributed by atoms with Crippen LogP contribution >= 0.6 is 0 Å². The zero-order valence-corrected chi connectivity index (χ0v) is 73.9. The Bertz CT molecular complexity index is 4460. The number of hydrogen-bond donors (Lipinski definition) is 4. The highest BCUT2D eigenvalue weighted by molar-refractivity contribution is 6.08. The second-order valence-corrected chi connectivity index (χ2v) is 35.5. The number of hydrogen-bond acceptors (Lipinski definition) is 26. The fourth-order valence-corrected chi connectivity index (χ4v) is 14.4. The van der Waals surface area contributed by atoms with Gasteiger partial charge in [-0.3, -0.25) is 77.6 Å². The number of alkyl halides is 4. The van der Waals surface area contributed by atoms with Crippen LogP contribution in [0.15, 0.2) is 60.9 Å². The molecule has 9 amide bonds. The maximum atomic E-state index is 15.4. The summed E-state index contributed by atoms with van der Waals surface area (Å²) in [6.45, 7) is 20.4. The number of likely N-dealkylation sites (tertiary alicyclic amines) is 2. The highest BCUT2D eigenvalue weighted by Gasteiger charge is 2.49. The lowest BCUT2D eigenvalue weighted by molar-refractivity contribution is -0.158. The van der Waals surface area contributed by atoms with Crippen molar-refractivity contribution >= 4 is 87.3 Å². The number of carbonyl (C=O) groups excluding carboxylic acids is 11. The second-order valence-electron chi connectivity index (χ2n) is 35.5. The van der Waals surface area contributed by atoms with Crippen LogP contribution in [0.1, 0.15) is 142 Å². The van der Waals surface area contributed by atoms with Crippen LogP contribution in [0.5, 0.6) is 11.5 Å². The molecule has 2 aromatic heterocycles. The number of halogens is 4. The number of nitrogens with zero attached hydrogens (tertiary/aromatic N) is 14. The van der Waals surface area contributed by atoms with Crippen molar-refractivity contribution < 1.29 is 98.7 Å². The molecule has 2 atom stereocenters. The van der Waals surface area contributed by atoms with E-state index >= 15 is 4.79 Å². The average Bonchev–Trinajstić information content (AvgIpc) is 1.12. The van der Waals surface area contributed by atoms with Crippen LogP contribution in [-0.2, 0) is 52.5 Å². The highest BCUT2D eigenvalue weighted by Crippen LogP contribution is 2.34. The van der Waals surface area contributed by atoms with Crippen molar-refractivity contribution in [1.29, 1.82) is 10.5 Å². The number of esters is 4. The van der Waals surface area contributed by atoms with Gasteiger partial charge in [0, 0.05) is 154 Å². The maximum absolute atomic E-state index is 15.4. The maximum Gasteiger partial charge on any atom is 0.320 e. The van der Waals surface area contributed by atoms with Crippen LogP contribution < -0.4 is 30.7 Å². The van der Waals surface area contributed by atoms with Gasteiger partial charge in [0.05, 0.1) is 106 Å². The molecule has 39 heteroatoms. The Morgan fingerprint density at radius 2 is 0.712 bits per heavy atom. The molecule has 0 unspecified atom stereocenters. The van der Waals surface area contributed by atoms with Crippen LogP contribution in [0.2, 0.25) is 0 Å². The van der Waals surface area contributed by atoms with Gasteiger partial charge in [0.1, 0.15) is 46.0 Å². The van der Waals surface area contributed by atoms with Crippen molar-refractivity contribution in [2.75, 3.05) is 190 Å². The van der Waals surface area contributed by atoms with Crippen molar-refractivity contribution in [3.8, 4) is 23.6 Å². The highest BCUT2D eigenvalue weighted by atomic mass is 19.3. The summed E-state index contributed by atoms with van der Waals surface area (Å²) in [5.41, 5.74) is -2.14. The van der Waals surface area contributed by atoms with E-state index in [2.05, 4.69) is 31.2 Å². The first-order valence-corrected chi connectivity index (χ1v) is 42.4. The van der Waals surface area contributed by atoms with Crippen molar-refractivity contribution in [2.24, 2.45) is 0 Å². The molecule has 0 radical (unpaired) electrons. The largest absolute Gasteiger partial charge is 0.494 e. The Balaban J connectivity index is 0.979. The van der Waals surface area contributed by atoms with Crippen LogP contribution in [0.4, 0.5) is 27.2 Å². The first-order valence-electron chi connectivity index (χ1n) is 42.4. The summed E-state index contributed by atoms with van der Waals surface area (Å²) in [7, 11) is 0. The quantitative estimate of drug-likeness (QED) is 0.0235. The molecule has 4 aliphatic rings. The second kappa shape index (κ2) is 45.3. The number of unbranched alkanes of at least 4 members (excludes halogenated alkanes) is 2. The molecule has 2 aromatic carbocycles. The number of urea groups is 2. The number of rotatable bonds is 28. The normalized spacial score (nSPS) is 18.5. The van der Waals surface area contributed by atoms with E-state index in [-0.39, 0.29) is 155 Å². The van der Waals surface area contributed by atoms with Gasteiger partial charge in [-0.2, -0.15) is 10.5 Å². The third-order valence-electron chi connectivity index (χ3n) is 20.4. The molecule has 686 valence electrons. The predicted molar refractivity (Wildman–Crippen MR) is 451 cm³/mol. The molecule has 0 aliphatic carbocycles. The minimum atomic E-state index is -3.24. The lowest BCUT2D eigenvalue weighted by atomic mass is 10.1. The molecule has 35 nitrogen and oxygen atoms in total. The van der Waals surface area contributed by atoms with Crippen molar-refractivity contribution in [3.05, 3.63) is 72.1 Å². The molecule has 4 N–H and O–H groups in total. The van der Waals surface area contributed by atoms with Gasteiger partial charge in [0.2, 0.25) is 17.7 Å². The fraction of sp³-hybridized carbons (Fsp3) is 0.640. The number of nitriles is 2. The first-order chi connectivity index (χ1) is 58.8. The smallest absolute Gasteiger partial charge is 0.320 e. The molecular weight excluding hydrogens is 1630 g/mol. The van der Waals surface area contributed by atoms with Gasteiger partial charge in [-0.05, 0) is 157 Å². The molecule has 4 aromatic rings. The minimum Gasteiger partial charge on any atom is -0.494 e. The van der Waals surface area contributed by atoms with Gasteiger partial charge in [-0.1, -0.05) is 0 Å². The van der Waals surface area contributed by atoms with Crippen LogP contribution in [0.3, 0.4) is 0 Å². The molecule has 0 saturated carbocycles. The third-order valence-corrected chi connectivity index (χ3v) is 20.4. The van der Waals surface area contributed by atoms with Crippen LogP contribution in [0, 0.1) is 22.7 Å². The molecule has 0 spiro atoms. The summed E-state index contributed by atoms with van der Waals surface area (Å²) < 4.78 is 91.9. The van der Waals surface area contributed by atoms with Crippen molar-refractivity contribution in [3.63, 3.8) is 0 Å². The minimum absolute atomic E-state index is 0.0195.